The molecule has 12 nitrogen and oxygen atoms in total. The van der Waals surface area contributed by atoms with E-state index in [0.717, 1.165) is 12.0 Å². The molecule has 240 valence electrons. The van der Waals surface area contributed by atoms with Crippen LogP contribution in [0.1, 0.15) is 42.6 Å². The number of aromatic nitrogens is 3. The van der Waals surface area contributed by atoms with Gasteiger partial charge in [-0.05, 0) is 61.7 Å². The quantitative estimate of drug-likeness (QED) is 0.380. The van der Waals surface area contributed by atoms with Crippen LogP contribution in [0.25, 0.3) is 0 Å². The third-order valence-electron chi connectivity index (χ3n) is 7.36. The van der Waals surface area contributed by atoms with Crippen molar-refractivity contribution in [2.75, 3.05) is 50.0 Å². The maximum absolute atomic E-state index is 13.3. The lowest BCUT2D eigenvalue weighted by Crippen LogP contribution is -2.52. The lowest BCUT2D eigenvalue weighted by molar-refractivity contribution is -0.154. The molecule has 5 aliphatic heterocycles. The summed E-state index contributed by atoms with van der Waals surface area (Å²) in [6.45, 7) is 4.90. The van der Waals surface area contributed by atoms with E-state index >= 15 is 0 Å². The average molecular weight is 629 g/mol. The molecule has 6 heterocycles. The third-order valence-corrected chi connectivity index (χ3v) is 7.36. The smallest absolute Gasteiger partial charge is 0.422 e. The number of urea groups is 1. The normalized spacial score (nSPS) is 19.3. The Morgan fingerprint density at radius 3 is 2.44 bits per heavy atom. The highest BCUT2D eigenvalue weighted by Crippen LogP contribution is 2.27. The van der Waals surface area contributed by atoms with E-state index in [1.807, 2.05) is 35.8 Å². The van der Waals surface area contributed by atoms with Crippen molar-refractivity contribution in [1.82, 2.24) is 30.1 Å². The van der Waals surface area contributed by atoms with Crippen molar-refractivity contribution < 1.29 is 32.2 Å². The zero-order valence-electron chi connectivity index (χ0n) is 25.0. The average Bonchev–Trinajstić information content (AvgIpc) is 3.25. The molecule has 1 aromatic heterocycles. The number of benzene rings is 2. The summed E-state index contributed by atoms with van der Waals surface area (Å²) < 4.78 is 49.1. The minimum Gasteiger partial charge on any atom is -0.494 e. The summed E-state index contributed by atoms with van der Waals surface area (Å²) in [6, 6.07) is 13.2. The van der Waals surface area contributed by atoms with Crippen molar-refractivity contribution in [1.29, 1.82) is 0 Å². The first-order chi connectivity index (χ1) is 21.5. The van der Waals surface area contributed by atoms with Crippen LogP contribution in [0.3, 0.4) is 0 Å². The Kier molecular flexibility index (Phi) is 9.44. The van der Waals surface area contributed by atoms with E-state index in [0.29, 0.717) is 49.7 Å². The fourth-order valence-electron chi connectivity index (χ4n) is 5.12. The van der Waals surface area contributed by atoms with Crippen molar-refractivity contribution in [3.63, 3.8) is 0 Å². The van der Waals surface area contributed by atoms with Gasteiger partial charge in [0.2, 0.25) is 11.9 Å². The molecular formula is C30H35F3N8O4. The molecule has 0 aliphatic carbocycles. The Hall–Kier alpha value is -4.82. The lowest BCUT2D eigenvalue weighted by atomic mass is 10.0. The zero-order chi connectivity index (χ0) is 32.0. The lowest BCUT2D eigenvalue weighted by Gasteiger charge is -2.33. The molecule has 3 amide bonds. The second-order valence-corrected chi connectivity index (χ2v) is 11.1. The molecule has 0 radical (unpaired) electrons. The Balaban J connectivity index is 1.40. The molecular weight excluding hydrogens is 593 g/mol. The van der Waals surface area contributed by atoms with Gasteiger partial charge < -0.3 is 35.2 Å². The molecule has 1 atom stereocenters. The van der Waals surface area contributed by atoms with Crippen LogP contribution < -0.4 is 25.4 Å². The number of anilines is 3. The van der Waals surface area contributed by atoms with E-state index in [1.54, 1.807) is 36.4 Å². The zero-order valence-corrected chi connectivity index (χ0v) is 25.0. The van der Waals surface area contributed by atoms with Crippen LogP contribution in [0.4, 0.5) is 35.5 Å². The number of hydrogen-bond acceptors (Lipinski definition) is 9. The molecule has 8 rings (SSSR count). The number of nitrogens with one attached hydrogen (secondary N) is 3. The fraction of sp³-hybridized carbons (Fsp3) is 0.433. The number of alkyl halides is 3. The summed E-state index contributed by atoms with van der Waals surface area (Å²) in [7, 11) is 0. The summed E-state index contributed by atoms with van der Waals surface area (Å²) in [4.78, 5) is 42.2. The highest BCUT2D eigenvalue weighted by atomic mass is 19.4. The molecule has 1 unspecified atom stereocenters. The summed E-state index contributed by atoms with van der Waals surface area (Å²) in [5.41, 5.74) is 1.12. The number of ether oxygens (including phenoxy) is 2. The van der Waals surface area contributed by atoms with Gasteiger partial charge in [0.25, 0.3) is 5.91 Å². The van der Waals surface area contributed by atoms with Crippen LogP contribution in [0.15, 0.2) is 48.5 Å². The summed E-state index contributed by atoms with van der Waals surface area (Å²) >= 11 is 0. The molecule has 15 heteroatoms. The minimum atomic E-state index is -4.58. The van der Waals surface area contributed by atoms with Gasteiger partial charge in [-0.15, -0.1) is 0 Å². The number of halogens is 3. The molecule has 3 aromatic rings. The maximum atomic E-state index is 13.3. The van der Waals surface area contributed by atoms with Gasteiger partial charge in [-0.1, -0.05) is 19.1 Å². The van der Waals surface area contributed by atoms with Crippen LogP contribution in [0.2, 0.25) is 0 Å². The molecule has 8 bridgehead atoms. The molecule has 1 saturated heterocycles. The van der Waals surface area contributed by atoms with Crippen LogP contribution in [-0.4, -0.2) is 87.8 Å². The van der Waals surface area contributed by atoms with Gasteiger partial charge in [0, 0.05) is 44.0 Å². The SMILES string of the molecule is CCCN1C(=O)N2CCCOc3ccc(cc3)CNc3nc(nc(OCC(F)(F)F)n3)Nc3ccc(cc3)C(=O)NCC1(C)C2. The van der Waals surface area contributed by atoms with Crippen molar-refractivity contribution in [2.45, 2.75) is 44.9 Å². The van der Waals surface area contributed by atoms with E-state index in [1.165, 1.54) is 0 Å². The second kappa shape index (κ2) is 13.4. The molecule has 0 spiro atoms. The minimum absolute atomic E-state index is 0.000227. The number of carbonyl (C=O) groups excluding carboxylic acids is 2. The molecule has 1 fully saturated rings. The standard InChI is InChI=1S/C30H35F3N8O4/c1-3-13-41-28(43)40-14-4-15-44-23-11-5-20(6-12-23)16-34-25-37-26(39-27(38-25)45-19-30(31,32)33)36-22-9-7-21(8-10-22)24(42)35-17-29(41,2)18-40/h5-12H,3-4,13-19H2,1-2H3,(H,35,42)(H2,34,36,37,38,39). The predicted octanol–water partition coefficient (Wildman–Crippen LogP) is 4.59. The van der Waals surface area contributed by atoms with Gasteiger partial charge >= 0.3 is 18.2 Å². The van der Waals surface area contributed by atoms with Gasteiger partial charge in [0.1, 0.15) is 5.75 Å². The van der Waals surface area contributed by atoms with Gasteiger partial charge in [-0.2, -0.15) is 28.1 Å². The van der Waals surface area contributed by atoms with Crippen molar-refractivity contribution >= 4 is 29.5 Å². The first-order valence-corrected chi connectivity index (χ1v) is 14.6. The maximum Gasteiger partial charge on any atom is 0.422 e. The monoisotopic (exact) mass is 628 g/mol. The number of rotatable bonds is 4. The Morgan fingerprint density at radius 1 is 1.00 bits per heavy atom. The Labute approximate surface area is 258 Å². The summed E-state index contributed by atoms with van der Waals surface area (Å²) in [5.74, 6) is 0.286. The molecule has 45 heavy (non-hydrogen) atoms. The fourth-order valence-corrected chi connectivity index (χ4v) is 5.12. The first-order valence-electron chi connectivity index (χ1n) is 14.6. The van der Waals surface area contributed by atoms with Crippen molar-refractivity contribution in [3.8, 4) is 11.8 Å². The van der Waals surface area contributed by atoms with E-state index in [4.69, 9.17) is 9.47 Å². The largest absolute Gasteiger partial charge is 0.494 e. The van der Waals surface area contributed by atoms with Crippen LogP contribution >= 0.6 is 0 Å². The summed E-state index contributed by atoms with van der Waals surface area (Å²) in [6.07, 6.45) is -3.17. The second-order valence-electron chi connectivity index (χ2n) is 11.1. The highest BCUT2D eigenvalue weighted by molar-refractivity contribution is 5.94. The highest BCUT2D eigenvalue weighted by Gasteiger charge is 2.45. The third kappa shape index (κ3) is 8.22. The van der Waals surface area contributed by atoms with E-state index in [2.05, 4.69) is 30.9 Å². The summed E-state index contributed by atoms with van der Waals surface area (Å²) in [5, 5.41) is 8.88. The van der Waals surface area contributed by atoms with Gasteiger partial charge in [-0.25, -0.2) is 4.79 Å². The number of hydrogen-bond donors (Lipinski definition) is 3. The van der Waals surface area contributed by atoms with Gasteiger partial charge in [-0.3, -0.25) is 4.79 Å². The number of carbonyl (C=O) groups is 2. The number of amides is 3. The van der Waals surface area contributed by atoms with Crippen LogP contribution in [-0.2, 0) is 6.54 Å². The van der Waals surface area contributed by atoms with E-state index in [-0.39, 0.29) is 36.9 Å². The molecule has 5 aliphatic rings. The van der Waals surface area contributed by atoms with E-state index in [9.17, 15) is 22.8 Å². The topological polar surface area (TPSA) is 134 Å². The van der Waals surface area contributed by atoms with Crippen LogP contribution in [0, 0.1) is 0 Å². The van der Waals surface area contributed by atoms with Gasteiger partial charge in [0.05, 0.1) is 12.1 Å². The Bertz CT molecular complexity index is 1490. The molecule has 0 saturated carbocycles. The van der Waals surface area contributed by atoms with Crippen molar-refractivity contribution in [3.05, 3.63) is 59.7 Å². The molecule has 2 aromatic carbocycles. The van der Waals surface area contributed by atoms with E-state index < -0.39 is 24.3 Å². The van der Waals surface area contributed by atoms with Gasteiger partial charge in [0.15, 0.2) is 6.61 Å². The first kappa shape index (κ1) is 31.6. The van der Waals surface area contributed by atoms with Crippen LogP contribution in [0.5, 0.6) is 11.8 Å². The Morgan fingerprint density at radius 2 is 1.73 bits per heavy atom. The van der Waals surface area contributed by atoms with Crippen molar-refractivity contribution in [2.24, 2.45) is 0 Å². The molecule has 3 N–H and O–H groups in total. The predicted molar refractivity (Wildman–Crippen MR) is 160 cm³/mol. The number of nitrogens with zero attached hydrogens (tertiary/aromatic N) is 5.